The van der Waals surface area contributed by atoms with Gasteiger partial charge < -0.3 is 25.0 Å². The molecule has 1 fully saturated rings. The summed E-state index contributed by atoms with van der Waals surface area (Å²) in [5.41, 5.74) is -1.02. The molecule has 88 valence electrons. The summed E-state index contributed by atoms with van der Waals surface area (Å²) in [4.78, 5) is 11.0. The molecule has 6 heteroatoms. The summed E-state index contributed by atoms with van der Waals surface area (Å²) < 4.78 is 9.78. The minimum absolute atomic E-state index is 0.0453. The van der Waals surface area contributed by atoms with Crippen molar-refractivity contribution in [3.63, 3.8) is 0 Å². The molecule has 1 saturated heterocycles. The van der Waals surface area contributed by atoms with E-state index in [9.17, 15) is 9.90 Å². The Morgan fingerprint density at radius 1 is 1.73 bits per heavy atom. The zero-order chi connectivity index (χ0) is 11.3. The van der Waals surface area contributed by atoms with Gasteiger partial charge in [-0.1, -0.05) is 0 Å². The quantitative estimate of drug-likeness (QED) is 0.578. The highest BCUT2D eigenvalue weighted by atomic mass is 16.6. The number of nitrogens with one attached hydrogen (secondary N) is 1. The fraction of sp³-hybridized carbons (Fsp3) is 0.889. The summed E-state index contributed by atoms with van der Waals surface area (Å²) in [6, 6.07) is 0. The van der Waals surface area contributed by atoms with Crippen LogP contribution in [-0.2, 0) is 9.47 Å². The summed E-state index contributed by atoms with van der Waals surface area (Å²) in [6.07, 6.45) is -0.443. The fourth-order valence-corrected chi connectivity index (χ4v) is 1.42. The summed E-state index contributed by atoms with van der Waals surface area (Å²) in [7, 11) is 0. The SMILES string of the molecule is CC1OCCC1(O)CNC(=O)OCCO. The number of alkyl carbamates (subject to hydrolysis) is 1. The lowest BCUT2D eigenvalue weighted by Gasteiger charge is -2.25. The van der Waals surface area contributed by atoms with E-state index in [1.807, 2.05) is 0 Å². The minimum atomic E-state index is -1.02. The molecule has 1 heterocycles. The Bertz CT molecular complexity index is 223. The second-order valence-electron chi connectivity index (χ2n) is 3.58. The lowest BCUT2D eigenvalue weighted by atomic mass is 9.97. The van der Waals surface area contributed by atoms with Crippen LogP contribution in [0.3, 0.4) is 0 Å². The van der Waals surface area contributed by atoms with Crippen molar-refractivity contribution in [1.82, 2.24) is 5.32 Å². The normalized spacial score (nSPS) is 30.2. The Labute approximate surface area is 88.2 Å². The van der Waals surface area contributed by atoms with Gasteiger partial charge in [0, 0.05) is 13.0 Å². The lowest BCUT2D eigenvalue weighted by molar-refractivity contribution is -0.0260. The third kappa shape index (κ3) is 3.33. The minimum Gasteiger partial charge on any atom is -0.447 e. The van der Waals surface area contributed by atoms with Gasteiger partial charge in [-0.15, -0.1) is 0 Å². The van der Waals surface area contributed by atoms with Crippen LogP contribution in [-0.4, -0.2) is 54.4 Å². The van der Waals surface area contributed by atoms with Crippen LogP contribution in [0.4, 0.5) is 4.79 Å². The molecule has 0 aromatic carbocycles. The standard InChI is InChI=1S/C9H17NO5/c1-7-9(13,2-4-14-7)6-10-8(12)15-5-3-11/h7,11,13H,2-6H2,1H3,(H,10,12). The van der Waals surface area contributed by atoms with E-state index in [0.717, 1.165) is 0 Å². The molecule has 0 radical (unpaired) electrons. The van der Waals surface area contributed by atoms with Gasteiger partial charge in [0.15, 0.2) is 0 Å². The maximum atomic E-state index is 11.0. The molecule has 1 rings (SSSR count). The molecule has 6 nitrogen and oxygen atoms in total. The van der Waals surface area contributed by atoms with Crippen LogP contribution in [0.2, 0.25) is 0 Å². The molecular weight excluding hydrogens is 202 g/mol. The molecule has 2 atom stereocenters. The first-order valence-corrected chi connectivity index (χ1v) is 4.94. The molecule has 0 aromatic heterocycles. The molecule has 15 heavy (non-hydrogen) atoms. The van der Waals surface area contributed by atoms with Crippen molar-refractivity contribution in [3.8, 4) is 0 Å². The number of rotatable bonds is 4. The fourth-order valence-electron chi connectivity index (χ4n) is 1.42. The third-order valence-corrected chi connectivity index (χ3v) is 2.52. The van der Waals surface area contributed by atoms with Crippen molar-refractivity contribution in [2.45, 2.75) is 25.0 Å². The highest BCUT2D eigenvalue weighted by Crippen LogP contribution is 2.24. The number of carbonyl (C=O) groups is 1. The number of aliphatic hydroxyl groups excluding tert-OH is 1. The van der Waals surface area contributed by atoms with E-state index in [4.69, 9.17) is 9.84 Å². The molecule has 1 aliphatic heterocycles. The van der Waals surface area contributed by atoms with Gasteiger partial charge in [0.25, 0.3) is 0 Å². The van der Waals surface area contributed by atoms with Crippen LogP contribution in [0.15, 0.2) is 0 Å². The highest BCUT2D eigenvalue weighted by molar-refractivity contribution is 5.67. The van der Waals surface area contributed by atoms with Crippen molar-refractivity contribution in [3.05, 3.63) is 0 Å². The second-order valence-corrected chi connectivity index (χ2v) is 3.58. The highest BCUT2D eigenvalue weighted by Gasteiger charge is 2.39. The summed E-state index contributed by atoms with van der Waals surface area (Å²) in [6.45, 7) is 2.09. The Hall–Kier alpha value is -0.850. The van der Waals surface area contributed by atoms with Gasteiger partial charge in [-0.05, 0) is 6.92 Å². The zero-order valence-corrected chi connectivity index (χ0v) is 8.73. The Kier molecular flexibility index (Phi) is 4.31. The number of hydrogen-bond donors (Lipinski definition) is 3. The van der Waals surface area contributed by atoms with Crippen molar-refractivity contribution in [2.75, 3.05) is 26.4 Å². The number of carbonyl (C=O) groups excluding carboxylic acids is 1. The molecule has 0 aromatic rings. The smallest absolute Gasteiger partial charge is 0.407 e. The number of ether oxygens (including phenoxy) is 2. The Morgan fingerprint density at radius 3 is 3.00 bits per heavy atom. The van der Waals surface area contributed by atoms with Crippen LogP contribution >= 0.6 is 0 Å². The van der Waals surface area contributed by atoms with Gasteiger partial charge in [-0.25, -0.2) is 4.79 Å². The first-order valence-electron chi connectivity index (χ1n) is 4.94. The first kappa shape index (κ1) is 12.2. The molecule has 0 aliphatic carbocycles. The number of amides is 1. The van der Waals surface area contributed by atoms with Crippen LogP contribution in [0.5, 0.6) is 0 Å². The van der Waals surface area contributed by atoms with Crippen molar-refractivity contribution >= 4 is 6.09 Å². The third-order valence-electron chi connectivity index (χ3n) is 2.52. The zero-order valence-electron chi connectivity index (χ0n) is 8.73. The van der Waals surface area contributed by atoms with Gasteiger partial charge in [0.05, 0.1) is 19.3 Å². The van der Waals surface area contributed by atoms with E-state index < -0.39 is 11.7 Å². The van der Waals surface area contributed by atoms with Crippen molar-refractivity contribution < 1.29 is 24.5 Å². The molecular formula is C9H17NO5. The second kappa shape index (κ2) is 5.29. The largest absolute Gasteiger partial charge is 0.447 e. The topological polar surface area (TPSA) is 88.0 Å². The van der Waals surface area contributed by atoms with Gasteiger partial charge in [-0.2, -0.15) is 0 Å². The Balaban J connectivity index is 2.26. The molecule has 0 spiro atoms. The maximum absolute atomic E-state index is 11.0. The average molecular weight is 219 g/mol. The van der Waals surface area contributed by atoms with E-state index in [1.165, 1.54) is 0 Å². The van der Waals surface area contributed by atoms with E-state index in [-0.39, 0.29) is 25.9 Å². The maximum Gasteiger partial charge on any atom is 0.407 e. The van der Waals surface area contributed by atoms with E-state index in [1.54, 1.807) is 6.92 Å². The lowest BCUT2D eigenvalue weighted by Crippen LogP contribution is -2.47. The van der Waals surface area contributed by atoms with E-state index >= 15 is 0 Å². The van der Waals surface area contributed by atoms with Crippen LogP contribution < -0.4 is 5.32 Å². The van der Waals surface area contributed by atoms with Crippen LogP contribution in [0, 0.1) is 0 Å². The molecule has 2 unspecified atom stereocenters. The van der Waals surface area contributed by atoms with Crippen molar-refractivity contribution in [1.29, 1.82) is 0 Å². The predicted molar refractivity (Wildman–Crippen MR) is 51.4 cm³/mol. The number of aliphatic hydroxyl groups is 2. The van der Waals surface area contributed by atoms with Crippen LogP contribution in [0.25, 0.3) is 0 Å². The first-order chi connectivity index (χ1) is 7.08. The van der Waals surface area contributed by atoms with Crippen LogP contribution in [0.1, 0.15) is 13.3 Å². The predicted octanol–water partition coefficient (Wildman–Crippen LogP) is -0.755. The van der Waals surface area contributed by atoms with Gasteiger partial charge in [0.2, 0.25) is 0 Å². The van der Waals surface area contributed by atoms with Crippen molar-refractivity contribution in [2.24, 2.45) is 0 Å². The summed E-state index contributed by atoms with van der Waals surface area (Å²) in [5.74, 6) is 0. The monoisotopic (exact) mass is 219 g/mol. The van der Waals surface area contributed by atoms with Gasteiger partial charge >= 0.3 is 6.09 Å². The number of hydrogen-bond acceptors (Lipinski definition) is 5. The van der Waals surface area contributed by atoms with Gasteiger partial charge in [-0.3, -0.25) is 0 Å². The summed E-state index contributed by atoms with van der Waals surface area (Å²) >= 11 is 0. The molecule has 0 bridgehead atoms. The van der Waals surface area contributed by atoms with E-state index in [2.05, 4.69) is 10.1 Å². The Morgan fingerprint density at radius 2 is 2.47 bits per heavy atom. The molecule has 0 saturated carbocycles. The van der Waals surface area contributed by atoms with Gasteiger partial charge in [0.1, 0.15) is 12.2 Å². The molecule has 3 N–H and O–H groups in total. The average Bonchev–Trinajstić information content (AvgIpc) is 2.54. The molecule has 1 amide bonds. The van der Waals surface area contributed by atoms with E-state index in [0.29, 0.717) is 13.0 Å². The summed E-state index contributed by atoms with van der Waals surface area (Å²) in [5, 5.41) is 20.8. The molecule has 1 aliphatic rings.